The lowest BCUT2D eigenvalue weighted by Crippen LogP contribution is -2.20. The lowest BCUT2D eigenvalue weighted by molar-refractivity contribution is -0.139. The number of ether oxygens (including phenoxy) is 1. The van der Waals surface area contributed by atoms with Gasteiger partial charge in [0.2, 0.25) is 0 Å². The molecule has 0 fully saturated rings. The Morgan fingerprint density at radius 3 is 2.24 bits per heavy atom. The Morgan fingerprint density at radius 2 is 1.72 bits per heavy atom. The lowest BCUT2D eigenvalue weighted by Gasteiger charge is -2.22. The molecule has 0 aliphatic heterocycles. The van der Waals surface area contributed by atoms with Crippen molar-refractivity contribution in [3.8, 4) is 0 Å². The molecule has 1 atom stereocenters. The predicted octanol–water partition coefficient (Wildman–Crippen LogP) is 4.98. The van der Waals surface area contributed by atoms with E-state index in [9.17, 15) is 18.0 Å². The molecule has 132 valence electrons. The number of rotatable bonds is 6. The van der Waals surface area contributed by atoms with E-state index >= 15 is 0 Å². The second-order valence-corrected chi connectivity index (χ2v) is 5.31. The van der Waals surface area contributed by atoms with Gasteiger partial charge >= 0.3 is 12.1 Å². The zero-order valence-electron chi connectivity index (χ0n) is 13.6. The van der Waals surface area contributed by atoms with E-state index in [2.05, 4.69) is 11.9 Å². The van der Waals surface area contributed by atoms with Crippen LogP contribution in [-0.2, 0) is 15.7 Å². The molecule has 0 saturated heterocycles. The van der Waals surface area contributed by atoms with Crippen LogP contribution in [0.4, 0.5) is 18.9 Å². The van der Waals surface area contributed by atoms with Crippen molar-refractivity contribution >= 4 is 11.7 Å². The van der Waals surface area contributed by atoms with Gasteiger partial charge in [0.15, 0.2) is 0 Å². The van der Waals surface area contributed by atoms with Gasteiger partial charge in [0.05, 0.1) is 23.8 Å². The highest BCUT2D eigenvalue weighted by atomic mass is 19.4. The van der Waals surface area contributed by atoms with E-state index in [0.717, 1.165) is 17.7 Å². The number of esters is 1. The quantitative estimate of drug-likeness (QED) is 0.591. The largest absolute Gasteiger partial charge is 0.463 e. The summed E-state index contributed by atoms with van der Waals surface area (Å²) in [5, 5.41) is 3.05. The molecule has 0 aromatic heterocycles. The third-order valence-electron chi connectivity index (χ3n) is 3.54. The van der Waals surface area contributed by atoms with Gasteiger partial charge in [-0.3, -0.25) is 0 Å². The topological polar surface area (TPSA) is 38.3 Å². The second-order valence-electron chi connectivity index (χ2n) is 5.31. The predicted molar refractivity (Wildman–Crippen MR) is 90.0 cm³/mol. The molecule has 0 amide bonds. The van der Waals surface area contributed by atoms with E-state index in [1.807, 2.05) is 6.07 Å². The summed E-state index contributed by atoms with van der Waals surface area (Å²) < 4.78 is 43.0. The highest BCUT2D eigenvalue weighted by molar-refractivity contribution is 5.90. The molecule has 0 aliphatic rings. The second kappa shape index (κ2) is 7.88. The maximum absolute atomic E-state index is 12.7. The zero-order valence-corrected chi connectivity index (χ0v) is 13.6. The van der Waals surface area contributed by atoms with Crippen molar-refractivity contribution in [2.45, 2.75) is 19.1 Å². The average Bonchev–Trinajstić information content (AvgIpc) is 2.59. The van der Waals surface area contributed by atoms with E-state index in [4.69, 9.17) is 4.74 Å². The molecule has 1 N–H and O–H groups in total. The number of anilines is 1. The first-order valence-corrected chi connectivity index (χ1v) is 7.67. The number of nitrogens with one attached hydrogen (secondary N) is 1. The first kappa shape index (κ1) is 18.6. The molecule has 0 spiro atoms. The Hall–Kier alpha value is -2.76. The van der Waals surface area contributed by atoms with E-state index in [-0.39, 0.29) is 12.2 Å². The van der Waals surface area contributed by atoms with Gasteiger partial charge < -0.3 is 10.1 Å². The maximum atomic E-state index is 12.7. The molecule has 3 nitrogen and oxygen atoms in total. The number of carbonyl (C=O) groups excluding carboxylic acids is 1. The smallest absolute Gasteiger partial charge is 0.416 e. The van der Waals surface area contributed by atoms with Gasteiger partial charge in [0.1, 0.15) is 0 Å². The van der Waals surface area contributed by atoms with Crippen LogP contribution in [0.3, 0.4) is 0 Å². The van der Waals surface area contributed by atoms with Crippen LogP contribution in [0.15, 0.2) is 66.7 Å². The Morgan fingerprint density at radius 1 is 1.12 bits per heavy atom. The van der Waals surface area contributed by atoms with Gasteiger partial charge in [-0.25, -0.2) is 4.79 Å². The first-order chi connectivity index (χ1) is 11.8. The van der Waals surface area contributed by atoms with Crippen LogP contribution in [-0.4, -0.2) is 12.6 Å². The fraction of sp³-hybridized carbons (Fsp3) is 0.211. The Balaban J connectivity index is 2.27. The molecule has 2 aromatic rings. The van der Waals surface area contributed by atoms with Crippen molar-refractivity contribution in [3.05, 3.63) is 77.9 Å². The van der Waals surface area contributed by atoms with Crippen molar-refractivity contribution in [2.24, 2.45) is 0 Å². The summed E-state index contributed by atoms with van der Waals surface area (Å²) in [5.74, 6) is -0.559. The molecule has 25 heavy (non-hydrogen) atoms. The standard InChI is InChI=1S/C19H18F3NO2/c1-3-25-18(24)13(2)17(14-7-5-4-6-8-14)23-16-11-9-15(10-12-16)19(20,21)22/h4-12,17,23H,2-3H2,1H3/t17-/m0/s1. The number of halogens is 3. The van der Waals surface area contributed by atoms with Crippen LogP contribution in [0.5, 0.6) is 0 Å². The molecular weight excluding hydrogens is 331 g/mol. The number of hydrogen-bond acceptors (Lipinski definition) is 3. The minimum atomic E-state index is -4.40. The summed E-state index contributed by atoms with van der Waals surface area (Å²) >= 11 is 0. The molecule has 0 bridgehead atoms. The Labute approximate surface area is 144 Å². The van der Waals surface area contributed by atoms with E-state index in [1.165, 1.54) is 12.1 Å². The maximum Gasteiger partial charge on any atom is 0.416 e. The summed E-state index contributed by atoms with van der Waals surface area (Å²) in [5.41, 5.74) is 0.624. The molecule has 2 aromatic carbocycles. The molecule has 6 heteroatoms. The highest BCUT2D eigenvalue weighted by Gasteiger charge is 2.30. The molecular formula is C19H18F3NO2. The molecule has 0 saturated carbocycles. The van der Waals surface area contributed by atoms with Crippen molar-refractivity contribution in [1.29, 1.82) is 0 Å². The molecule has 0 aliphatic carbocycles. The van der Waals surface area contributed by atoms with Gasteiger partial charge in [-0.1, -0.05) is 36.9 Å². The van der Waals surface area contributed by atoms with Crippen LogP contribution in [0.25, 0.3) is 0 Å². The average molecular weight is 349 g/mol. The van der Waals surface area contributed by atoms with Gasteiger partial charge in [-0.2, -0.15) is 13.2 Å². The molecule has 0 unspecified atom stereocenters. The molecule has 2 rings (SSSR count). The van der Waals surface area contributed by atoms with Crippen molar-refractivity contribution < 1.29 is 22.7 Å². The number of alkyl halides is 3. The summed E-state index contributed by atoms with van der Waals surface area (Å²) in [6, 6.07) is 13.0. The number of carbonyl (C=O) groups is 1. The number of hydrogen-bond donors (Lipinski definition) is 1. The van der Waals surface area contributed by atoms with Crippen LogP contribution >= 0.6 is 0 Å². The van der Waals surface area contributed by atoms with Gasteiger partial charge in [0, 0.05) is 5.69 Å². The van der Waals surface area contributed by atoms with Crippen LogP contribution in [0.1, 0.15) is 24.1 Å². The SMILES string of the molecule is C=C(C(=O)OCC)[C@H](Nc1ccc(C(F)(F)F)cc1)c1ccccc1. The highest BCUT2D eigenvalue weighted by Crippen LogP contribution is 2.31. The van der Waals surface area contributed by atoms with E-state index in [0.29, 0.717) is 5.69 Å². The third kappa shape index (κ3) is 4.86. The Bertz CT molecular complexity index is 725. The van der Waals surface area contributed by atoms with Crippen molar-refractivity contribution in [1.82, 2.24) is 0 Å². The van der Waals surface area contributed by atoms with Crippen LogP contribution < -0.4 is 5.32 Å². The van der Waals surface area contributed by atoms with E-state index in [1.54, 1.807) is 31.2 Å². The summed E-state index contributed by atoms with van der Waals surface area (Å²) in [6.07, 6.45) is -4.40. The lowest BCUT2D eigenvalue weighted by atomic mass is 9.99. The zero-order chi connectivity index (χ0) is 18.4. The van der Waals surface area contributed by atoms with Crippen molar-refractivity contribution in [2.75, 3.05) is 11.9 Å². The molecule has 0 heterocycles. The van der Waals surface area contributed by atoms with Crippen LogP contribution in [0.2, 0.25) is 0 Å². The summed E-state index contributed by atoms with van der Waals surface area (Å²) in [7, 11) is 0. The van der Waals surface area contributed by atoms with Crippen molar-refractivity contribution in [3.63, 3.8) is 0 Å². The van der Waals surface area contributed by atoms with E-state index < -0.39 is 23.8 Å². The normalized spacial score (nSPS) is 12.3. The molecule has 0 radical (unpaired) electrons. The van der Waals surface area contributed by atoms with Gasteiger partial charge in [-0.05, 0) is 36.8 Å². The minimum Gasteiger partial charge on any atom is -0.463 e. The van der Waals surface area contributed by atoms with Gasteiger partial charge in [-0.15, -0.1) is 0 Å². The van der Waals surface area contributed by atoms with Gasteiger partial charge in [0.25, 0.3) is 0 Å². The summed E-state index contributed by atoms with van der Waals surface area (Å²) in [6.45, 7) is 5.68. The third-order valence-corrected chi connectivity index (χ3v) is 3.54. The fourth-order valence-electron chi connectivity index (χ4n) is 2.28. The Kier molecular flexibility index (Phi) is 5.85. The van der Waals surface area contributed by atoms with Crippen LogP contribution in [0, 0.1) is 0 Å². The fourth-order valence-corrected chi connectivity index (χ4v) is 2.28. The summed E-state index contributed by atoms with van der Waals surface area (Å²) in [4.78, 5) is 12.0. The number of benzene rings is 2. The monoisotopic (exact) mass is 349 g/mol. The minimum absolute atomic E-state index is 0.174. The first-order valence-electron chi connectivity index (χ1n) is 7.67.